The van der Waals surface area contributed by atoms with E-state index in [0.29, 0.717) is 17.3 Å². The Morgan fingerprint density at radius 2 is 1.93 bits per heavy atom. The molecule has 0 fully saturated rings. The van der Waals surface area contributed by atoms with E-state index in [1.165, 1.54) is 18.9 Å². The Labute approximate surface area is 181 Å². The van der Waals surface area contributed by atoms with E-state index in [-0.39, 0.29) is 24.1 Å². The Morgan fingerprint density at radius 3 is 2.72 bits per heavy atom. The third-order valence-corrected chi connectivity index (χ3v) is 5.76. The van der Waals surface area contributed by atoms with Crippen LogP contribution in [0.15, 0.2) is 69.8 Å². The number of halogens is 1. The number of para-hydroxylation sites is 2. The van der Waals surface area contributed by atoms with Crippen LogP contribution < -0.4 is 10.6 Å². The number of methoxy groups -OCH3 is 1. The van der Waals surface area contributed by atoms with Crippen LogP contribution in [0.25, 0.3) is 0 Å². The van der Waals surface area contributed by atoms with Gasteiger partial charge in [-0.3, -0.25) is 9.59 Å². The molecule has 2 aromatic rings. The quantitative estimate of drug-likeness (QED) is 0.607. The fourth-order valence-electron chi connectivity index (χ4n) is 2.61. The summed E-state index contributed by atoms with van der Waals surface area (Å²) in [5, 5.41) is 6.78. The lowest BCUT2D eigenvalue weighted by atomic mass is 10.2. The van der Waals surface area contributed by atoms with Crippen molar-refractivity contribution in [1.82, 2.24) is 5.32 Å². The first-order valence-corrected chi connectivity index (χ1v) is 10.7. The van der Waals surface area contributed by atoms with E-state index >= 15 is 0 Å². The molecule has 0 saturated heterocycles. The highest BCUT2D eigenvalue weighted by Gasteiger charge is 2.15. The molecule has 150 valence electrons. The molecule has 2 N–H and O–H groups in total. The number of benzene rings is 2. The largest absolute Gasteiger partial charge is 0.469 e. The lowest BCUT2D eigenvalue weighted by Gasteiger charge is -2.09. The summed E-state index contributed by atoms with van der Waals surface area (Å²) in [5.41, 5.74) is 3.23. The minimum absolute atomic E-state index is 0.0955. The maximum absolute atomic E-state index is 12.3. The number of thioether (sulfide) groups is 1. The van der Waals surface area contributed by atoms with Gasteiger partial charge in [-0.25, -0.2) is 4.99 Å². The second kappa shape index (κ2) is 10.3. The van der Waals surface area contributed by atoms with E-state index < -0.39 is 0 Å². The number of ether oxygens (including phenoxy) is 1. The maximum Gasteiger partial charge on any atom is 0.311 e. The third-order valence-electron chi connectivity index (χ3n) is 4.08. The van der Waals surface area contributed by atoms with Crippen molar-refractivity contribution in [3.05, 3.63) is 70.3 Å². The number of aliphatic imine (C=N–C) groups is 1. The normalized spacial score (nSPS) is 12.6. The first kappa shape index (κ1) is 21.1. The number of anilines is 1. The van der Waals surface area contributed by atoms with Crippen molar-refractivity contribution in [2.75, 3.05) is 18.2 Å². The molecule has 1 amide bonds. The SMILES string of the molecule is COC(=O)CC1=CC(SCC(=O)NCc2ccccc2Br)=Nc2ccccc2N1. The highest BCUT2D eigenvalue weighted by Crippen LogP contribution is 2.31. The Hall–Kier alpha value is -2.58. The van der Waals surface area contributed by atoms with Crippen molar-refractivity contribution < 1.29 is 14.3 Å². The zero-order chi connectivity index (χ0) is 20.6. The molecule has 0 atom stereocenters. The number of hydrogen-bond acceptors (Lipinski definition) is 6. The first-order valence-electron chi connectivity index (χ1n) is 8.90. The van der Waals surface area contributed by atoms with Crippen molar-refractivity contribution in [2.45, 2.75) is 13.0 Å². The molecule has 29 heavy (non-hydrogen) atoms. The Kier molecular flexibility index (Phi) is 7.48. The van der Waals surface area contributed by atoms with E-state index in [0.717, 1.165) is 21.4 Å². The highest BCUT2D eigenvalue weighted by atomic mass is 79.9. The van der Waals surface area contributed by atoms with Gasteiger partial charge >= 0.3 is 5.97 Å². The van der Waals surface area contributed by atoms with Crippen LogP contribution in [0.5, 0.6) is 0 Å². The summed E-state index contributed by atoms with van der Waals surface area (Å²) in [4.78, 5) is 28.6. The Balaban J connectivity index is 1.66. The van der Waals surface area contributed by atoms with Crippen molar-refractivity contribution in [2.24, 2.45) is 4.99 Å². The average molecular weight is 474 g/mol. The molecule has 3 rings (SSSR count). The predicted octanol–water partition coefficient (Wildman–Crippen LogP) is 4.40. The first-order chi connectivity index (χ1) is 14.0. The van der Waals surface area contributed by atoms with Crippen LogP contribution >= 0.6 is 27.7 Å². The number of amides is 1. The standard InChI is InChI=1S/C21H20BrN3O3S/c1-28-21(27)11-15-10-20(25-18-9-5-4-8-17(18)24-15)29-13-19(26)23-12-14-6-2-3-7-16(14)22/h2-10,24H,11-13H2,1H3,(H,23,26). The van der Waals surface area contributed by atoms with Crippen molar-refractivity contribution in [3.63, 3.8) is 0 Å². The summed E-state index contributed by atoms with van der Waals surface area (Å²) in [5.74, 6) is -0.228. The molecular weight excluding hydrogens is 454 g/mol. The highest BCUT2D eigenvalue weighted by molar-refractivity contribution is 9.10. The van der Waals surface area contributed by atoms with Crippen LogP contribution in [-0.4, -0.2) is 29.8 Å². The van der Waals surface area contributed by atoms with Crippen molar-refractivity contribution in [3.8, 4) is 0 Å². The Bertz CT molecular complexity index is 975. The number of fused-ring (bicyclic) bond motifs is 1. The lowest BCUT2D eigenvalue weighted by Crippen LogP contribution is -2.25. The monoisotopic (exact) mass is 473 g/mol. The summed E-state index contributed by atoms with van der Waals surface area (Å²) in [6.07, 6.45) is 1.88. The topological polar surface area (TPSA) is 79.8 Å². The molecule has 0 radical (unpaired) electrons. The van der Waals surface area contributed by atoms with Gasteiger partial charge in [-0.15, -0.1) is 0 Å². The van der Waals surface area contributed by atoms with Gasteiger partial charge in [0.1, 0.15) is 0 Å². The maximum atomic E-state index is 12.3. The molecule has 1 aliphatic rings. The number of nitrogens with zero attached hydrogens (tertiary/aromatic N) is 1. The summed E-state index contributed by atoms with van der Waals surface area (Å²) < 4.78 is 5.72. The summed E-state index contributed by atoms with van der Waals surface area (Å²) >= 11 is 4.79. The van der Waals surface area contributed by atoms with Gasteiger partial charge in [-0.2, -0.15) is 0 Å². The fourth-order valence-corrected chi connectivity index (χ4v) is 3.80. The molecule has 0 aliphatic carbocycles. The lowest BCUT2D eigenvalue weighted by molar-refractivity contribution is -0.139. The van der Waals surface area contributed by atoms with Crippen LogP contribution in [0.4, 0.5) is 11.4 Å². The Morgan fingerprint density at radius 1 is 1.17 bits per heavy atom. The average Bonchev–Trinajstić information content (AvgIpc) is 2.90. The summed E-state index contributed by atoms with van der Waals surface area (Å²) in [6.45, 7) is 0.446. The molecule has 0 aromatic heterocycles. The minimum Gasteiger partial charge on any atom is -0.469 e. The van der Waals surface area contributed by atoms with Crippen LogP contribution in [0, 0.1) is 0 Å². The molecule has 0 spiro atoms. The summed E-state index contributed by atoms with van der Waals surface area (Å²) in [6, 6.07) is 15.3. The van der Waals surface area contributed by atoms with Crippen LogP contribution in [0.3, 0.4) is 0 Å². The number of rotatable bonds is 6. The van der Waals surface area contributed by atoms with Gasteiger partial charge in [0, 0.05) is 16.7 Å². The number of carbonyl (C=O) groups excluding carboxylic acids is 2. The van der Waals surface area contributed by atoms with E-state index in [2.05, 4.69) is 31.6 Å². The van der Waals surface area contributed by atoms with E-state index in [4.69, 9.17) is 4.74 Å². The summed E-state index contributed by atoms with van der Waals surface area (Å²) in [7, 11) is 1.35. The van der Waals surface area contributed by atoms with Gasteiger partial charge in [0.15, 0.2) is 0 Å². The molecule has 0 unspecified atom stereocenters. The number of esters is 1. The molecule has 1 heterocycles. The third kappa shape index (κ3) is 6.20. The van der Waals surface area contributed by atoms with E-state index in [1.54, 1.807) is 6.08 Å². The fraction of sp³-hybridized carbons (Fsp3) is 0.190. The number of hydrogen-bond donors (Lipinski definition) is 2. The number of carbonyl (C=O) groups is 2. The molecule has 0 saturated carbocycles. The van der Waals surface area contributed by atoms with Crippen LogP contribution in [-0.2, 0) is 20.9 Å². The second-order valence-electron chi connectivity index (χ2n) is 6.17. The van der Waals surface area contributed by atoms with Crippen molar-refractivity contribution >= 4 is 56.0 Å². The van der Waals surface area contributed by atoms with Gasteiger partial charge in [0.2, 0.25) is 5.91 Å². The molecule has 0 bridgehead atoms. The van der Waals surface area contributed by atoms with Gasteiger partial charge in [-0.05, 0) is 29.8 Å². The predicted molar refractivity (Wildman–Crippen MR) is 120 cm³/mol. The zero-order valence-corrected chi connectivity index (χ0v) is 18.2. The minimum atomic E-state index is -0.348. The van der Waals surface area contributed by atoms with Gasteiger partial charge < -0.3 is 15.4 Å². The molecule has 1 aliphatic heterocycles. The second-order valence-corrected chi connectivity index (χ2v) is 8.02. The van der Waals surface area contributed by atoms with Crippen molar-refractivity contribution in [1.29, 1.82) is 0 Å². The molecular formula is C21H20BrN3O3S. The smallest absolute Gasteiger partial charge is 0.311 e. The van der Waals surface area contributed by atoms with Crippen LogP contribution in [0.1, 0.15) is 12.0 Å². The molecule has 8 heteroatoms. The molecule has 6 nitrogen and oxygen atoms in total. The van der Waals surface area contributed by atoms with E-state index in [9.17, 15) is 9.59 Å². The van der Waals surface area contributed by atoms with Gasteiger partial charge in [0.25, 0.3) is 0 Å². The van der Waals surface area contributed by atoms with E-state index in [1.807, 2.05) is 48.5 Å². The van der Waals surface area contributed by atoms with Crippen LogP contribution in [0.2, 0.25) is 0 Å². The van der Waals surface area contributed by atoms with Gasteiger partial charge in [0.05, 0.1) is 35.7 Å². The number of nitrogens with one attached hydrogen (secondary N) is 2. The molecule has 2 aromatic carbocycles. The zero-order valence-electron chi connectivity index (χ0n) is 15.8. The van der Waals surface area contributed by atoms with Gasteiger partial charge in [-0.1, -0.05) is 58.0 Å².